The van der Waals surface area contributed by atoms with Gasteiger partial charge in [0.2, 0.25) is 5.91 Å². The van der Waals surface area contributed by atoms with Gasteiger partial charge in [0.15, 0.2) is 0 Å². The molecule has 1 saturated carbocycles. The number of anilines is 2. The van der Waals surface area contributed by atoms with Gasteiger partial charge in [-0.25, -0.2) is 4.98 Å². The maximum atomic E-state index is 13.3. The number of aromatic nitrogens is 3. The highest BCUT2D eigenvalue weighted by atomic mass is 16.5. The Kier molecular flexibility index (Phi) is 6.97. The van der Waals surface area contributed by atoms with E-state index in [4.69, 9.17) is 14.6 Å². The SMILES string of the molecule is COc1cc2nn(C3CC4(CCN(C(=O)C5CCNCC5)CC4)C3)cc2cc1NC(=O)c1cccc(N2CC3CC2CO3)n1. The van der Waals surface area contributed by atoms with Crippen LogP contribution in [0.25, 0.3) is 10.9 Å². The lowest BCUT2D eigenvalue weighted by Gasteiger charge is -2.52. The molecule has 11 nitrogen and oxygen atoms in total. The van der Waals surface area contributed by atoms with Gasteiger partial charge < -0.3 is 29.9 Å². The predicted molar refractivity (Wildman–Crippen MR) is 166 cm³/mol. The standard InChI is InChI=1S/C33H41N7O4/c1-43-29-15-27-22(13-28(29)36-31(41)26-3-2-4-30(35-26)39-19-25-14-23(39)20-44-25)18-40(37-27)24-16-33(17-24)7-11-38(12-8-33)32(42)21-5-9-34-10-6-21/h2-4,13,15,18,21,23-25,34H,5-12,14,16-17,19-20H2,1H3,(H,36,41). The Balaban J connectivity index is 0.921. The van der Waals surface area contributed by atoms with Crippen molar-refractivity contribution in [3.8, 4) is 5.75 Å². The average molecular weight is 600 g/mol. The van der Waals surface area contributed by atoms with E-state index in [-0.39, 0.29) is 17.9 Å². The van der Waals surface area contributed by atoms with Crippen molar-refractivity contribution in [1.82, 2.24) is 25.0 Å². The van der Waals surface area contributed by atoms with Gasteiger partial charge >= 0.3 is 0 Å². The van der Waals surface area contributed by atoms with Crippen molar-refractivity contribution in [1.29, 1.82) is 0 Å². The number of methoxy groups -OCH3 is 1. The van der Waals surface area contributed by atoms with E-state index < -0.39 is 0 Å². The largest absolute Gasteiger partial charge is 0.494 e. The third-order valence-electron chi connectivity index (χ3n) is 10.8. The van der Waals surface area contributed by atoms with Gasteiger partial charge in [-0.2, -0.15) is 5.10 Å². The first-order chi connectivity index (χ1) is 21.5. The molecule has 232 valence electrons. The molecule has 6 heterocycles. The second-order valence-electron chi connectivity index (χ2n) is 13.5. The third-order valence-corrected chi connectivity index (χ3v) is 10.8. The summed E-state index contributed by atoms with van der Waals surface area (Å²) in [5.41, 5.74) is 2.12. The topological polar surface area (TPSA) is 114 Å². The predicted octanol–water partition coefficient (Wildman–Crippen LogP) is 3.61. The highest BCUT2D eigenvalue weighted by molar-refractivity contribution is 6.05. The van der Waals surface area contributed by atoms with Crippen molar-refractivity contribution < 1.29 is 19.1 Å². The molecule has 5 aliphatic rings. The highest BCUT2D eigenvalue weighted by Crippen LogP contribution is 2.55. The van der Waals surface area contributed by atoms with E-state index in [1.165, 1.54) is 0 Å². The Morgan fingerprint density at radius 3 is 2.66 bits per heavy atom. The van der Waals surface area contributed by atoms with Crippen LogP contribution in [0.1, 0.15) is 61.5 Å². The van der Waals surface area contributed by atoms with Gasteiger partial charge in [-0.1, -0.05) is 6.07 Å². The molecule has 1 spiro atoms. The minimum absolute atomic E-state index is 0.199. The Bertz CT molecular complexity index is 1570. The summed E-state index contributed by atoms with van der Waals surface area (Å²) in [6.07, 6.45) is 9.61. The summed E-state index contributed by atoms with van der Waals surface area (Å²) < 4.78 is 13.5. The summed E-state index contributed by atoms with van der Waals surface area (Å²) in [5.74, 6) is 1.67. The van der Waals surface area contributed by atoms with Gasteiger partial charge in [0.05, 0.1) is 43.1 Å². The Hall–Kier alpha value is -3.70. The summed E-state index contributed by atoms with van der Waals surface area (Å²) in [6, 6.07) is 10.1. The van der Waals surface area contributed by atoms with Crippen molar-refractivity contribution >= 4 is 34.2 Å². The van der Waals surface area contributed by atoms with Crippen molar-refractivity contribution in [2.45, 2.75) is 63.1 Å². The molecule has 2 atom stereocenters. The number of rotatable bonds is 6. The average Bonchev–Trinajstić information content (AvgIpc) is 3.80. The number of carbonyl (C=O) groups is 2. The number of hydrogen-bond acceptors (Lipinski definition) is 8. The monoisotopic (exact) mass is 599 g/mol. The number of nitrogens with zero attached hydrogens (tertiary/aromatic N) is 5. The molecule has 2 amide bonds. The molecule has 4 aliphatic heterocycles. The van der Waals surface area contributed by atoms with E-state index in [0.29, 0.717) is 47.1 Å². The van der Waals surface area contributed by atoms with Gasteiger partial charge in [0, 0.05) is 43.2 Å². The smallest absolute Gasteiger partial charge is 0.274 e. The number of benzene rings is 1. The summed E-state index contributed by atoms with van der Waals surface area (Å²) in [7, 11) is 1.61. The molecule has 2 bridgehead atoms. The first-order valence-corrected chi connectivity index (χ1v) is 16.2. The normalized spacial score (nSPS) is 25.0. The number of amides is 2. The van der Waals surface area contributed by atoms with Gasteiger partial charge in [0.1, 0.15) is 17.3 Å². The zero-order chi connectivity index (χ0) is 29.8. The first kappa shape index (κ1) is 27.8. The van der Waals surface area contributed by atoms with E-state index in [0.717, 1.165) is 94.4 Å². The van der Waals surface area contributed by atoms with E-state index in [9.17, 15) is 9.59 Å². The number of morpholine rings is 1. The summed E-state index contributed by atoms with van der Waals surface area (Å²) >= 11 is 0. The third kappa shape index (κ3) is 4.99. The van der Waals surface area contributed by atoms with Gasteiger partial charge in [-0.3, -0.25) is 14.3 Å². The van der Waals surface area contributed by atoms with Crippen LogP contribution in [0.4, 0.5) is 11.5 Å². The molecule has 2 N–H and O–H groups in total. The van der Waals surface area contributed by atoms with Gasteiger partial charge in [0.25, 0.3) is 5.91 Å². The van der Waals surface area contributed by atoms with E-state index in [1.807, 2.05) is 24.3 Å². The Morgan fingerprint density at radius 1 is 1.11 bits per heavy atom. The molecule has 1 aromatic carbocycles. The summed E-state index contributed by atoms with van der Waals surface area (Å²) in [6.45, 7) is 5.19. The number of nitrogens with one attached hydrogen (secondary N) is 2. The van der Waals surface area contributed by atoms with Crippen molar-refractivity contribution in [3.05, 3.63) is 42.2 Å². The number of likely N-dealkylation sites (tertiary alicyclic amines) is 1. The van der Waals surface area contributed by atoms with Crippen LogP contribution in [-0.2, 0) is 9.53 Å². The van der Waals surface area contributed by atoms with Gasteiger partial charge in [-0.15, -0.1) is 0 Å². The fourth-order valence-electron chi connectivity index (χ4n) is 8.17. The van der Waals surface area contributed by atoms with E-state index in [2.05, 4.69) is 36.3 Å². The number of hydrogen-bond donors (Lipinski definition) is 2. The molecule has 3 aromatic rings. The van der Waals surface area contributed by atoms with Crippen LogP contribution in [0.5, 0.6) is 5.75 Å². The number of ether oxygens (including phenoxy) is 2. The second kappa shape index (κ2) is 11.0. The molecular formula is C33H41N7O4. The molecule has 5 fully saturated rings. The van der Waals surface area contributed by atoms with Crippen molar-refractivity contribution in [3.63, 3.8) is 0 Å². The van der Waals surface area contributed by atoms with Crippen LogP contribution >= 0.6 is 0 Å². The molecule has 11 heteroatoms. The molecule has 44 heavy (non-hydrogen) atoms. The summed E-state index contributed by atoms with van der Waals surface area (Å²) in [5, 5.41) is 12.3. The highest BCUT2D eigenvalue weighted by Gasteiger charge is 2.48. The Morgan fingerprint density at radius 2 is 1.93 bits per heavy atom. The lowest BCUT2D eigenvalue weighted by Crippen LogP contribution is -2.51. The van der Waals surface area contributed by atoms with Crippen molar-refractivity contribution in [2.75, 3.05) is 56.7 Å². The molecule has 2 unspecified atom stereocenters. The van der Waals surface area contributed by atoms with Crippen LogP contribution in [0.15, 0.2) is 36.5 Å². The van der Waals surface area contributed by atoms with Crippen LogP contribution in [-0.4, -0.2) is 90.1 Å². The second-order valence-corrected chi connectivity index (χ2v) is 13.5. The number of pyridine rings is 1. The lowest BCUT2D eigenvalue weighted by molar-refractivity contribution is -0.140. The zero-order valence-corrected chi connectivity index (χ0v) is 25.3. The minimum Gasteiger partial charge on any atom is -0.494 e. The minimum atomic E-state index is -0.275. The Labute approximate surface area is 257 Å². The van der Waals surface area contributed by atoms with E-state index >= 15 is 0 Å². The molecule has 4 saturated heterocycles. The maximum Gasteiger partial charge on any atom is 0.274 e. The number of piperidine rings is 2. The fourth-order valence-corrected chi connectivity index (χ4v) is 8.17. The molecule has 2 aromatic heterocycles. The summed E-state index contributed by atoms with van der Waals surface area (Å²) in [4.78, 5) is 35.4. The number of carbonyl (C=O) groups excluding carboxylic acids is 2. The van der Waals surface area contributed by atoms with E-state index in [1.54, 1.807) is 13.2 Å². The number of fused-ring (bicyclic) bond motifs is 3. The van der Waals surface area contributed by atoms with Gasteiger partial charge in [-0.05, 0) is 81.6 Å². The van der Waals surface area contributed by atoms with Crippen molar-refractivity contribution in [2.24, 2.45) is 11.3 Å². The maximum absolute atomic E-state index is 13.3. The lowest BCUT2D eigenvalue weighted by atomic mass is 9.60. The fraction of sp³-hybridized carbons (Fsp3) is 0.576. The molecule has 8 rings (SSSR count). The molecule has 0 radical (unpaired) electrons. The quantitative estimate of drug-likeness (QED) is 0.442. The van der Waals surface area contributed by atoms with Crippen LogP contribution in [0.2, 0.25) is 0 Å². The van der Waals surface area contributed by atoms with Crippen LogP contribution < -0.4 is 20.3 Å². The zero-order valence-electron chi connectivity index (χ0n) is 25.3. The van der Waals surface area contributed by atoms with Crippen LogP contribution in [0, 0.1) is 11.3 Å². The van der Waals surface area contributed by atoms with Crippen LogP contribution in [0.3, 0.4) is 0 Å². The first-order valence-electron chi connectivity index (χ1n) is 16.2. The molecule has 1 aliphatic carbocycles. The molecular weight excluding hydrogens is 558 g/mol.